The molecule has 0 aliphatic rings. The van der Waals surface area contributed by atoms with Gasteiger partial charge in [-0.2, -0.15) is 4.36 Å². The van der Waals surface area contributed by atoms with Crippen LogP contribution >= 0.6 is 23.2 Å². The van der Waals surface area contributed by atoms with Crippen LogP contribution in [0.25, 0.3) is 11.1 Å². The molecule has 0 unspecified atom stereocenters. The minimum atomic E-state index is 0.486. The first-order chi connectivity index (χ1) is 8.65. The lowest BCUT2D eigenvalue weighted by atomic mass is 10.1. The Morgan fingerprint density at radius 3 is 2.44 bits per heavy atom. The second kappa shape index (κ2) is 5.61. The number of nitrogens with zero attached hydrogens (tertiary/aromatic N) is 2. The topological polar surface area (TPSA) is 34.5 Å². The number of ether oxygens (including phenoxy) is 1. The molecule has 18 heavy (non-hydrogen) atoms. The summed E-state index contributed by atoms with van der Waals surface area (Å²) in [6.07, 6.45) is 1.63. The lowest BCUT2D eigenvalue weighted by Gasteiger charge is -2.09. The number of rotatable bonds is 3. The maximum Gasteiger partial charge on any atom is 0.213 e. The molecular weight excluding hydrogens is 291 g/mol. The highest BCUT2D eigenvalue weighted by molar-refractivity contribution is 7.47. The lowest BCUT2D eigenvalue weighted by Crippen LogP contribution is -1.88. The Morgan fingerprint density at radius 1 is 1.22 bits per heavy atom. The van der Waals surface area contributed by atoms with E-state index in [0.717, 1.165) is 5.56 Å². The first kappa shape index (κ1) is 13.2. The van der Waals surface area contributed by atoms with Crippen LogP contribution in [0.4, 0.5) is 5.69 Å². The largest absolute Gasteiger partial charge is 0.481 e. The normalized spacial score (nSPS) is 10.2. The van der Waals surface area contributed by atoms with Crippen LogP contribution in [0.5, 0.6) is 5.88 Å². The fraction of sp³-hybridized carbons (Fsp3) is 0.0833. The third-order valence-electron chi connectivity index (χ3n) is 2.36. The van der Waals surface area contributed by atoms with Crippen molar-refractivity contribution in [1.29, 1.82) is 0 Å². The zero-order valence-electron chi connectivity index (χ0n) is 9.35. The number of hydrogen-bond donors (Lipinski definition) is 0. The Morgan fingerprint density at radius 2 is 1.89 bits per heavy atom. The van der Waals surface area contributed by atoms with Gasteiger partial charge in [-0.05, 0) is 23.8 Å². The maximum atomic E-state index is 6.19. The van der Waals surface area contributed by atoms with E-state index in [4.69, 9.17) is 27.9 Å². The molecule has 6 heteroatoms. The summed E-state index contributed by atoms with van der Waals surface area (Å²) in [6.45, 7) is 0. The first-order valence-electron chi connectivity index (χ1n) is 4.98. The Labute approximate surface area is 120 Å². The number of aromatic nitrogens is 1. The summed E-state index contributed by atoms with van der Waals surface area (Å²) in [6, 6.07) is 6.91. The van der Waals surface area contributed by atoms with Crippen molar-refractivity contribution in [3.63, 3.8) is 0 Å². The molecule has 0 spiro atoms. The van der Waals surface area contributed by atoms with Crippen LogP contribution in [0.15, 0.2) is 34.8 Å². The van der Waals surface area contributed by atoms with E-state index in [2.05, 4.69) is 21.8 Å². The summed E-state index contributed by atoms with van der Waals surface area (Å²) in [5.41, 5.74) is 2.10. The summed E-state index contributed by atoms with van der Waals surface area (Å²) in [5.74, 6) is 0.497. The summed E-state index contributed by atoms with van der Waals surface area (Å²) in [4.78, 5) is 4.03. The van der Waals surface area contributed by atoms with Gasteiger partial charge in [0.1, 0.15) is 0 Å². The van der Waals surface area contributed by atoms with E-state index in [9.17, 15) is 0 Å². The van der Waals surface area contributed by atoms with Crippen LogP contribution in [0.3, 0.4) is 0 Å². The first-order valence-corrected chi connectivity index (χ1v) is 6.10. The summed E-state index contributed by atoms with van der Waals surface area (Å²) < 4.78 is 8.71. The summed E-state index contributed by atoms with van der Waals surface area (Å²) in [7, 11) is 1.55. The number of benzene rings is 1. The van der Waals surface area contributed by atoms with E-state index in [-0.39, 0.29) is 0 Å². The van der Waals surface area contributed by atoms with E-state index in [1.165, 1.54) is 0 Å². The van der Waals surface area contributed by atoms with Gasteiger partial charge in [-0.1, -0.05) is 23.2 Å². The van der Waals surface area contributed by atoms with E-state index in [1.807, 2.05) is 0 Å². The molecule has 0 fully saturated rings. The summed E-state index contributed by atoms with van der Waals surface area (Å²) >= 11 is 17.0. The Bertz CT molecular complexity index is 581. The highest BCUT2D eigenvalue weighted by Gasteiger charge is 2.11. The SMILES string of the molecule is COc1cc(-c2c(Cl)cc(N=S)cc2Cl)ccn1. The molecule has 0 saturated carbocycles. The third-order valence-corrected chi connectivity index (χ3v) is 3.17. The Kier molecular flexibility index (Phi) is 4.11. The minimum Gasteiger partial charge on any atom is -0.481 e. The van der Waals surface area contributed by atoms with Gasteiger partial charge in [0.25, 0.3) is 0 Å². The molecule has 0 atom stereocenters. The standard InChI is InChI=1S/C12H8Cl2N2OS/c1-17-11-4-7(2-3-15-11)12-9(13)5-8(16-18)6-10(12)14/h2-6H,1H3. The second-order valence-corrected chi connectivity index (χ2v) is 4.46. The molecule has 0 saturated heterocycles. The molecule has 3 nitrogen and oxygen atoms in total. The van der Waals surface area contributed by atoms with Gasteiger partial charge in [0, 0.05) is 30.3 Å². The van der Waals surface area contributed by atoms with E-state index >= 15 is 0 Å². The van der Waals surface area contributed by atoms with Gasteiger partial charge in [-0.3, -0.25) is 0 Å². The van der Waals surface area contributed by atoms with Crippen LogP contribution in [0.2, 0.25) is 10.0 Å². The molecule has 2 aromatic rings. The number of methoxy groups -OCH3 is 1. The predicted octanol–water partition coefficient (Wildman–Crippen LogP) is 4.43. The second-order valence-electron chi connectivity index (χ2n) is 3.46. The van der Waals surface area contributed by atoms with Crippen LogP contribution in [0.1, 0.15) is 0 Å². The van der Waals surface area contributed by atoms with Crippen LogP contribution in [-0.4, -0.2) is 12.1 Å². The molecule has 0 N–H and O–H groups in total. The number of halogens is 2. The molecular formula is C12H8Cl2N2OS. The van der Waals surface area contributed by atoms with Gasteiger partial charge in [-0.15, -0.1) is 0 Å². The molecule has 0 aliphatic heterocycles. The van der Waals surface area contributed by atoms with Crippen molar-refractivity contribution in [3.8, 4) is 17.0 Å². The van der Waals surface area contributed by atoms with Crippen molar-refractivity contribution in [3.05, 3.63) is 40.5 Å². The summed E-state index contributed by atoms with van der Waals surface area (Å²) in [5, 5.41) is 0.971. The molecule has 1 aromatic carbocycles. The van der Waals surface area contributed by atoms with Gasteiger partial charge in [-0.25, -0.2) is 4.98 Å². The monoisotopic (exact) mass is 298 g/mol. The molecule has 0 radical (unpaired) electrons. The fourth-order valence-electron chi connectivity index (χ4n) is 1.56. The van der Waals surface area contributed by atoms with Crippen LogP contribution in [-0.2, 0) is 12.4 Å². The molecule has 2 rings (SSSR count). The van der Waals surface area contributed by atoms with E-state index in [0.29, 0.717) is 27.2 Å². The van der Waals surface area contributed by atoms with Gasteiger partial charge >= 0.3 is 0 Å². The zero-order valence-corrected chi connectivity index (χ0v) is 11.7. The van der Waals surface area contributed by atoms with Crippen molar-refractivity contribution in [2.75, 3.05) is 7.11 Å². The Hall–Kier alpha value is -1.23. The van der Waals surface area contributed by atoms with Crippen LogP contribution < -0.4 is 4.74 Å². The average Bonchev–Trinajstić information content (AvgIpc) is 2.38. The van der Waals surface area contributed by atoms with E-state index in [1.54, 1.807) is 37.6 Å². The molecule has 0 amide bonds. The predicted molar refractivity (Wildman–Crippen MR) is 75.7 cm³/mol. The van der Waals surface area contributed by atoms with Crippen molar-refractivity contribution >= 4 is 41.3 Å². The third kappa shape index (κ3) is 2.61. The van der Waals surface area contributed by atoms with Crippen molar-refractivity contribution in [2.45, 2.75) is 0 Å². The number of hydrogen-bond acceptors (Lipinski definition) is 4. The highest BCUT2D eigenvalue weighted by Crippen LogP contribution is 2.38. The van der Waals surface area contributed by atoms with Gasteiger partial charge in [0.05, 0.1) is 22.8 Å². The van der Waals surface area contributed by atoms with Crippen molar-refractivity contribution < 1.29 is 4.74 Å². The van der Waals surface area contributed by atoms with Gasteiger partial charge in [0.15, 0.2) is 0 Å². The molecule has 0 bridgehead atoms. The molecule has 1 aromatic heterocycles. The molecule has 0 aliphatic carbocycles. The van der Waals surface area contributed by atoms with E-state index < -0.39 is 0 Å². The minimum absolute atomic E-state index is 0.486. The highest BCUT2D eigenvalue weighted by atomic mass is 35.5. The number of pyridine rings is 1. The lowest BCUT2D eigenvalue weighted by molar-refractivity contribution is 0.398. The molecule has 92 valence electrons. The average molecular weight is 299 g/mol. The molecule has 1 heterocycles. The van der Waals surface area contributed by atoms with Gasteiger partial charge in [0.2, 0.25) is 5.88 Å². The van der Waals surface area contributed by atoms with Crippen molar-refractivity contribution in [2.24, 2.45) is 4.36 Å². The maximum absolute atomic E-state index is 6.19. The Balaban J connectivity index is 2.59. The fourth-order valence-corrected chi connectivity index (χ4v) is 2.36. The van der Waals surface area contributed by atoms with Crippen molar-refractivity contribution in [1.82, 2.24) is 4.98 Å². The van der Waals surface area contributed by atoms with Gasteiger partial charge < -0.3 is 4.74 Å². The quantitative estimate of drug-likeness (QED) is 0.841. The smallest absolute Gasteiger partial charge is 0.213 e. The van der Waals surface area contributed by atoms with Crippen LogP contribution in [0, 0.1) is 0 Å². The zero-order chi connectivity index (χ0) is 13.1.